The van der Waals surface area contributed by atoms with Crippen molar-refractivity contribution in [2.24, 2.45) is 5.41 Å². The summed E-state index contributed by atoms with van der Waals surface area (Å²) in [6.07, 6.45) is 4.45. The van der Waals surface area contributed by atoms with Crippen molar-refractivity contribution in [3.8, 4) is 6.07 Å². The van der Waals surface area contributed by atoms with Crippen molar-refractivity contribution in [2.45, 2.75) is 65.5 Å². The zero-order chi connectivity index (χ0) is 18.5. The summed E-state index contributed by atoms with van der Waals surface area (Å²) in [5.41, 5.74) is 0.178. The van der Waals surface area contributed by atoms with Crippen molar-refractivity contribution in [3.63, 3.8) is 0 Å². The van der Waals surface area contributed by atoms with Crippen LogP contribution in [-0.4, -0.2) is 54.5 Å². The molecule has 0 bridgehead atoms. The number of carbonyl (C=O) groups excluding carboxylic acids is 1. The number of nitriles is 1. The number of likely N-dealkylation sites (N-methyl/N-ethyl adjacent to an activating group) is 1. The van der Waals surface area contributed by atoms with Gasteiger partial charge in [-0.15, -0.1) is 0 Å². The van der Waals surface area contributed by atoms with Crippen LogP contribution in [0.4, 0.5) is 0 Å². The van der Waals surface area contributed by atoms with Crippen LogP contribution in [0.5, 0.6) is 0 Å². The SMILES string of the molecule is CN1CCC(N(C)C(=O)/C(C#N)=C\NC(C)(C)CC(C)(C)C)CC1. The second-order valence-electron chi connectivity index (χ2n) is 8.89. The molecule has 136 valence electrons. The fourth-order valence-electron chi connectivity index (χ4n) is 3.52. The molecule has 0 aromatic rings. The van der Waals surface area contributed by atoms with Gasteiger partial charge in [0.2, 0.25) is 0 Å². The number of likely N-dealkylation sites (tertiary alicyclic amines) is 1. The van der Waals surface area contributed by atoms with Crippen molar-refractivity contribution in [3.05, 3.63) is 11.8 Å². The third-order valence-electron chi connectivity index (χ3n) is 4.49. The number of amides is 1. The summed E-state index contributed by atoms with van der Waals surface area (Å²) >= 11 is 0. The van der Waals surface area contributed by atoms with Crippen molar-refractivity contribution < 1.29 is 4.79 Å². The molecule has 1 rings (SSSR count). The lowest BCUT2D eigenvalue weighted by molar-refractivity contribution is -0.128. The number of rotatable bonds is 5. The lowest BCUT2D eigenvalue weighted by Gasteiger charge is -2.35. The molecule has 0 aromatic carbocycles. The predicted octanol–water partition coefficient (Wildman–Crippen LogP) is 2.75. The molecule has 5 nitrogen and oxygen atoms in total. The van der Waals surface area contributed by atoms with Gasteiger partial charge in [0, 0.05) is 24.8 Å². The van der Waals surface area contributed by atoms with Crippen LogP contribution in [0.1, 0.15) is 53.9 Å². The van der Waals surface area contributed by atoms with Crippen LogP contribution < -0.4 is 5.32 Å². The molecule has 1 aliphatic rings. The minimum atomic E-state index is -0.189. The molecule has 5 heteroatoms. The molecule has 1 heterocycles. The van der Waals surface area contributed by atoms with E-state index < -0.39 is 0 Å². The van der Waals surface area contributed by atoms with E-state index in [0.29, 0.717) is 0 Å². The van der Waals surface area contributed by atoms with Gasteiger partial charge in [0.05, 0.1) is 0 Å². The van der Waals surface area contributed by atoms with Gasteiger partial charge in [-0.3, -0.25) is 4.79 Å². The normalized spacial score (nSPS) is 18.2. The topological polar surface area (TPSA) is 59.4 Å². The van der Waals surface area contributed by atoms with E-state index in [1.807, 2.05) is 7.05 Å². The predicted molar refractivity (Wildman–Crippen MR) is 98.3 cm³/mol. The second-order valence-corrected chi connectivity index (χ2v) is 8.89. The van der Waals surface area contributed by atoms with Crippen LogP contribution >= 0.6 is 0 Å². The highest BCUT2D eigenvalue weighted by molar-refractivity contribution is 5.97. The Morgan fingerprint density at radius 3 is 2.29 bits per heavy atom. The Kier molecular flexibility index (Phi) is 6.86. The monoisotopic (exact) mass is 334 g/mol. The minimum absolute atomic E-state index is 0.173. The number of hydrogen-bond acceptors (Lipinski definition) is 4. The minimum Gasteiger partial charge on any atom is -0.385 e. The first-order valence-electron chi connectivity index (χ1n) is 8.79. The number of carbonyl (C=O) groups is 1. The van der Waals surface area contributed by atoms with Crippen LogP contribution in [0, 0.1) is 16.7 Å². The average Bonchev–Trinajstić information content (AvgIpc) is 2.45. The van der Waals surface area contributed by atoms with Gasteiger partial charge in [-0.25, -0.2) is 0 Å². The first-order chi connectivity index (χ1) is 10.9. The molecule has 0 aromatic heterocycles. The number of nitrogens with one attached hydrogen (secondary N) is 1. The van der Waals surface area contributed by atoms with Gasteiger partial charge in [0.15, 0.2) is 0 Å². The van der Waals surface area contributed by atoms with Crippen molar-refractivity contribution in [1.29, 1.82) is 5.26 Å². The molecule has 1 saturated heterocycles. The summed E-state index contributed by atoms with van der Waals surface area (Å²) < 4.78 is 0. The van der Waals surface area contributed by atoms with Gasteiger partial charge in [0.1, 0.15) is 11.6 Å². The van der Waals surface area contributed by atoms with E-state index in [1.54, 1.807) is 11.1 Å². The molecule has 0 spiro atoms. The van der Waals surface area contributed by atoms with Crippen LogP contribution in [0.2, 0.25) is 0 Å². The third kappa shape index (κ3) is 6.52. The van der Waals surface area contributed by atoms with Gasteiger partial charge in [-0.05, 0) is 58.7 Å². The molecule has 1 N–H and O–H groups in total. The fraction of sp³-hybridized carbons (Fsp3) is 0.789. The van der Waals surface area contributed by atoms with Crippen LogP contribution in [-0.2, 0) is 4.79 Å². The Morgan fingerprint density at radius 2 is 1.83 bits per heavy atom. The maximum absolute atomic E-state index is 12.6. The first-order valence-corrected chi connectivity index (χ1v) is 8.79. The highest BCUT2D eigenvalue weighted by Gasteiger charge is 2.27. The summed E-state index contributed by atoms with van der Waals surface area (Å²) in [5.74, 6) is -0.189. The van der Waals surface area contributed by atoms with E-state index in [-0.39, 0.29) is 28.5 Å². The molecule has 1 amide bonds. The van der Waals surface area contributed by atoms with Gasteiger partial charge in [-0.2, -0.15) is 5.26 Å². The van der Waals surface area contributed by atoms with Gasteiger partial charge in [-0.1, -0.05) is 20.8 Å². The Hall–Kier alpha value is -1.54. The molecular weight excluding hydrogens is 300 g/mol. The van der Waals surface area contributed by atoms with E-state index in [0.717, 1.165) is 32.4 Å². The number of nitrogens with zero attached hydrogens (tertiary/aromatic N) is 3. The van der Waals surface area contributed by atoms with E-state index in [2.05, 4.69) is 58.0 Å². The first kappa shape index (κ1) is 20.5. The smallest absolute Gasteiger partial charge is 0.265 e. The fourth-order valence-corrected chi connectivity index (χ4v) is 3.52. The zero-order valence-electron chi connectivity index (χ0n) is 16.4. The van der Waals surface area contributed by atoms with Gasteiger partial charge < -0.3 is 15.1 Å². The molecule has 0 saturated carbocycles. The molecule has 0 aliphatic carbocycles. The van der Waals surface area contributed by atoms with Crippen molar-refractivity contribution in [1.82, 2.24) is 15.1 Å². The maximum Gasteiger partial charge on any atom is 0.265 e. The molecule has 1 fully saturated rings. The quantitative estimate of drug-likeness (QED) is 0.620. The molecule has 0 unspecified atom stereocenters. The largest absolute Gasteiger partial charge is 0.385 e. The Morgan fingerprint density at radius 1 is 1.29 bits per heavy atom. The lowest BCUT2D eigenvalue weighted by atomic mass is 9.82. The Labute approximate surface area is 147 Å². The third-order valence-corrected chi connectivity index (χ3v) is 4.49. The number of hydrogen-bond donors (Lipinski definition) is 1. The lowest BCUT2D eigenvalue weighted by Crippen LogP contribution is -2.45. The van der Waals surface area contributed by atoms with Gasteiger partial charge in [0.25, 0.3) is 5.91 Å². The van der Waals surface area contributed by atoms with Crippen LogP contribution in [0.25, 0.3) is 0 Å². The van der Waals surface area contributed by atoms with E-state index >= 15 is 0 Å². The molecule has 24 heavy (non-hydrogen) atoms. The highest BCUT2D eigenvalue weighted by atomic mass is 16.2. The second kappa shape index (κ2) is 8.02. The Bertz CT molecular complexity index is 502. The summed E-state index contributed by atoms with van der Waals surface area (Å²) in [6, 6.07) is 2.28. The van der Waals surface area contributed by atoms with Crippen molar-refractivity contribution >= 4 is 5.91 Å². The molecular formula is C19H34N4O. The van der Waals surface area contributed by atoms with Crippen LogP contribution in [0.3, 0.4) is 0 Å². The molecule has 1 aliphatic heterocycles. The van der Waals surface area contributed by atoms with E-state index in [1.165, 1.54) is 0 Å². The summed E-state index contributed by atoms with van der Waals surface area (Å²) in [4.78, 5) is 16.6. The average molecular weight is 335 g/mol. The summed E-state index contributed by atoms with van der Waals surface area (Å²) in [6.45, 7) is 12.7. The molecule has 0 atom stereocenters. The Balaban J connectivity index is 2.74. The van der Waals surface area contributed by atoms with Gasteiger partial charge >= 0.3 is 0 Å². The standard InChI is InChI=1S/C19H34N4O/c1-18(2,3)14-19(4,5)21-13-15(12-20)17(24)23(7)16-8-10-22(6)11-9-16/h13,16,21H,8-11,14H2,1-7H3/b15-13-. The summed E-state index contributed by atoms with van der Waals surface area (Å²) in [5, 5.41) is 12.7. The number of piperidine rings is 1. The maximum atomic E-state index is 12.6. The van der Waals surface area contributed by atoms with E-state index in [4.69, 9.17) is 0 Å². The van der Waals surface area contributed by atoms with Crippen molar-refractivity contribution in [2.75, 3.05) is 27.2 Å². The highest BCUT2D eigenvalue weighted by Crippen LogP contribution is 2.27. The zero-order valence-corrected chi connectivity index (χ0v) is 16.4. The van der Waals surface area contributed by atoms with E-state index in [9.17, 15) is 10.1 Å². The summed E-state index contributed by atoms with van der Waals surface area (Å²) in [7, 11) is 3.91. The molecule has 0 radical (unpaired) electrons. The van der Waals surface area contributed by atoms with Crippen LogP contribution in [0.15, 0.2) is 11.8 Å².